The van der Waals surface area contributed by atoms with Gasteiger partial charge < -0.3 is 30.0 Å². The number of anilines is 1. The van der Waals surface area contributed by atoms with E-state index >= 15 is 0 Å². The van der Waals surface area contributed by atoms with Gasteiger partial charge in [0.15, 0.2) is 11.5 Å². The van der Waals surface area contributed by atoms with Gasteiger partial charge in [-0.25, -0.2) is 9.97 Å². The molecule has 5 aromatic rings. The summed E-state index contributed by atoms with van der Waals surface area (Å²) >= 11 is 0. The van der Waals surface area contributed by atoms with Gasteiger partial charge in [0.05, 0.1) is 30.5 Å². The minimum atomic E-state index is -4.47. The molecule has 2 amide bonds. The molecule has 0 bridgehead atoms. The van der Waals surface area contributed by atoms with Crippen LogP contribution in [0.2, 0.25) is 0 Å². The summed E-state index contributed by atoms with van der Waals surface area (Å²) in [6, 6.07) is 26.5. The summed E-state index contributed by atoms with van der Waals surface area (Å²) < 4.78 is 49.8. The molecular formula is C42H42N6O10S. The smallest absolute Gasteiger partial charge is 0.305 e. The van der Waals surface area contributed by atoms with Crippen molar-refractivity contribution in [3.63, 3.8) is 0 Å². The third-order valence-electron chi connectivity index (χ3n) is 9.09. The first-order chi connectivity index (χ1) is 28.2. The molecule has 0 saturated carbocycles. The number of ether oxygens (including phenoxy) is 3. The number of pyridine rings is 2. The van der Waals surface area contributed by atoms with Crippen LogP contribution in [0.5, 0.6) is 17.4 Å². The fraction of sp³-hybridized carbons (Fsp3) is 0.238. The quantitative estimate of drug-likeness (QED) is 0.0298. The molecule has 1 aliphatic heterocycles. The van der Waals surface area contributed by atoms with Gasteiger partial charge in [-0.1, -0.05) is 54.6 Å². The zero-order valence-corrected chi connectivity index (χ0v) is 32.9. The molecular weight excluding hydrogens is 781 g/mol. The molecule has 5 N–H and O–H groups in total. The molecule has 0 saturated heterocycles. The van der Waals surface area contributed by atoms with E-state index in [1.807, 2.05) is 74.5 Å². The number of benzene rings is 3. The molecule has 0 fully saturated rings. The lowest BCUT2D eigenvalue weighted by Gasteiger charge is -2.29. The van der Waals surface area contributed by atoms with Crippen molar-refractivity contribution < 1.29 is 46.7 Å². The number of carboxylic acids is 1. The summed E-state index contributed by atoms with van der Waals surface area (Å²) in [6.07, 6.45) is 3.53. The predicted octanol–water partition coefficient (Wildman–Crippen LogP) is 5.95. The number of carbonyl (C=O) groups is 3. The molecule has 6 rings (SSSR count). The normalized spacial score (nSPS) is 12.8. The van der Waals surface area contributed by atoms with Gasteiger partial charge in [0.1, 0.15) is 16.8 Å². The Balaban J connectivity index is 1.01. The topological polar surface area (TPSA) is 228 Å². The number of hydrogen-bond acceptors (Lipinski definition) is 12. The fourth-order valence-corrected chi connectivity index (χ4v) is 6.79. The van der Waals surface area contributed by atoms with Crippen LogP contribution in [0.3, 0.4) is 0 Å². The maximum atomic E-state index is 13.3. The number of aromatic nitrogens is 2. The van der Waals surface area contributed by atoms with E-state index in [-0.39, 0.29) is 28.6 Å². The van der Waals surface area contributed by atoms with E-state index in [0.29, 0.717) is 43.2 Å². The molecule has 16 nitrogen and oxygen atoms in total. The van der Waals surface area contributed by atoms with Crippen molar-refractivity contribution >= 4 is 39.9 Å². The number of fused-ring (bicyclic) bond motifs is 1. The SMILES string of the molecule is CC(C)(CCCCOc1cc(-c2ccc3c(c2)OCO3)cc(-c2ccccc2)n1)NC(=O)[C@H](CC(=O)O)NC(=O)c1ccc(N/N=C/c2ccccc2S(=O)(=O)O)nc1. The van der Waals surface area contributed by atoms with Gasteiger partial charge in [0.2, 0.25) is 18.6 Å². The van der Waals surface area contributed by atoms with Crippen molar-refractivity contribution in [2.75, 3.05) is 18.8 Å². The number of amides is 2. The minimum absolute atomic E-state index is 0.0468. The summed E-state index contributed by atoms with van der Waals surface area (Å²) in [5.74, 6) is -0.664. The van der Waals surface area contributed by atoms with Crippen LogP contribution in [0.1, 0.15) is 55.5 Å². The predicted molar refractivity (Wildman–Crippen MR) is 218 cm³/mol. The van der Waals surface area contributed by atoms with E-state index in [0.717, 1.165) is 22.4 Å². The lowest BCUT2D eigenvalue weighted by molar-refractivity contribution is -0.140. The molecule has 3 aromatic carbocycles. The van der Waals surface area contributed by atoms with Crippen molar-refractivity contribution in [3.05, 3.63) is 114 Å². The highest BCUT2D eigenvalue weighted by atomic mass is 32.2. The lowest BCUT2D eigenvalue weighted by atomic mass is 9.96. The molecule has 3 heterocycles. The first-order valence-electron chi connectivity index (χ1n) is 18.5. The Morgan fingerprint density at radius 3 is 2.42 bits per heavy atom. The minimum Gasteiger partial charge on any atom is -0.481 e. The third kappa shape index (κ3) is 11.6. The number of carboxylic acid groups (broad SMARTS) is 1. The van der Waals surface area contributed by atoms with Crippen molar-refractivity contribution in [2.45, 2.75) is 56.0 Å². The number of hydrogen-bond donors (Lipinski definition) is 5. The van der Waals surface area contributed by atoms with E-state index in [1.54, 1.807) is 6.07 Å². The van der Waals surface area contributed by atoms with E-state index in [1.165, 1.54) is 42.7 Å². The second kappa shape index (κ2) is 18.6. The first-order valence-corrected chi connectivity index (χ1v) is 19.9. The molecule has 59 heavy (non-hydrogen) atoms. The number of aliphatic carboxylic acids is 1. The highest BCUT2D eigenvalue weighted by molar-refractivity contribution is 7.86. The van der Waals surface area contributed by atoms with Gasteiger partial charge in [-0.15, -0.1) is 0 Å². The van der Waals surface area contributed by atoms with Gasteiger partial charge in [-0.05, 0) is 80.6 Å². The summed E-state index contributed by atoms with van der Waals surface area (Å²) in [6.45, 7) is 4.15. The molecule has 0 spiro atoms. The van der Waals surface area contributed by atoms with Crippen molar-refractivity contribution in [2.24, 2.45) is 5.10 Å². The first kappa shape index (κ1) is 41.8. The largest absolute Gasteiger partial charge is 0.481 e. The average molecular weight is 823 g/mol. The van der Waals surface area contributed by atoms with E-state index < -0.39 is 45.9 Å². The van der Waals surface area contributed by atoms with Gasteiger partial charge in [0.25, 0.3) is 16.0 Å². The number of hydrazone groups is 1. The molecule has 2 aromatic heterocycles. The molecule has 306 valence electrons. The lowest BCUT2D eigenvalue weighted by Crippen LogP contribution is -2.53. The van der Waals surface area contributed by atoms with Gasteiger partial charge in [-0.2, -0.15) is 13.5 Å². The van der Waals surface area contributed by atoms with Crippen LogP contribution < -0.4 is 30.3 Å². The van der Waals surface area contributed by atoms with Crippen LogP contribution >= 0.6 is 0 Å². The Morgan fingerprint density at radius 1 is 0.915 bits per heavy atom. The van der Waals surface area contributed by atoms with Crippen LogP contribution in [0.25, 0.3) is 22.4 Å². The van der Waals surface area contributed by atoms with Crippen LogP contribution in [0.4, 0.5) is 5.82 Å². The number of carbonyl (C=O) groups excluding carboxylic acids is 2. The Hall–Kier alpha value is -6.85. The highest BCUT2D eigenvalue weighted by Crippen LogP contribution is 2.37. The Kier molecular flexibility index (Phi) is 13.2. The highest BCUT2D eigenvalue weighted by Gasteiger charge is 2.29. The number of nitrogens with zero attached hydrogens (tertiary/aromatic N) is 3. The van der Waals surface area contributed by atoms with Crippen molar-refractivity contribution in [1.82, 2.24) is 20.6 Å². The van der Waals surface area contributed by atoms with E-state index in [9.17, 15) is 32.5 Å². The molecule has 0 radical (unpaired) electrons. The number of unbranched alkanes of at least 4 members (excludes halogenated alkanes) is 1. The zero-order chi connectivity index (χ0) is 42.0. The monoisotopic (exact) mass is 822 g/mol. The molecule has 1 atom stereocenters. The van der Waals surface area contributed by atoms with Crippen LogP contribution in [-0.4, -0.2) is 77.0 Å². The van der Waals surface area contributed by atoms with Crippen LogP contribution in [0, 0.1) is 0 Å². The Morgan fingerprint density at radius 2 is 1.68 bits per heavy atom. The fourth-order valence-electron chi connectivity index (χ4n) is 6.12. The summed E-state index contributed by atoms with van der Waals surface area (Å²) in [7, 11) is -4.47. The molecule has 17 heteroatoms. The Bertz CT molecular complexity index is 2440. The van der Waals surface area contributed by atoms with E-state index in [2.05, 4.69) is 26.1 Å². The Labute approximate surface area is 340 Å². The van der Waals surface area contributed by atoms with Crippen molar-refractivity contribution in [1.29, 1.82) is 0 Å². The second-order valence-electron chi connectivity index (χ2n) is 14.1. The number of nitrogens with one attached hydrogen (secondary N) is 3. The zero-order valence-electron chi connectivity index (χ0n) is 32.1. The summed E-state index contributed by atoms with van der Waals surface area (Å²) in [5, 5.41) is 18.8. The second-order valence-corrected chi connectivity index (χ2v) is 15.5. The van der Waals surface area contributed by atoms with Gasteiger partial charge >= 0.3 is 5.97 Å². The van der Waals surface area contributed by atoms with Crippen molar-refractivity contribution in [3.8, 4) is 39.8 Å². The average Bonchev–Trinajstić information content (AvgIpc) is 3.69. The molecule has 0 aliphatic carbocycles. The molecule has 0 unspecified atom stereocenters. The summed E-state index contributed by atoms with van der Waals surface area (Å²) in [5.41, 5.74) is 5.52. The maximum Gasteiger partial charge on any atom is 0.305 e. The van der Waals surface area contributed by atoms with Gasteiger partial charge in [-0.3, -0.25) is 24.4 Å². The molecule has 1 aliphatic rings. The van der Waals surface area contributed by atoms with Gasteiger partial charge in [0, 0.05) is 28.9 Å². The van der Waals surface area contributed by atoms with E-state index in [4.69, 9.17) is 19.2 Å². The van der Waals surface area contributed by atoms with Crippen LogP contribution in [-0.2, 0) is 19.7 Å². The van der Waals surface area contributed by atoms with Crippen LogP contribution in [0.15, 0.2) is 113 Å². The maximum absolute atomic E-state index is 13.3. The third-order valence-corrected chi connectivity index (χ3v) is 10.0. The standard InChI is InChI=1S/C42H42N6O10S/c1-42(2,18-8-9-19-56-38-22-31(20-32(45-38)27-10-4-3-5-11-27)28-14-16-34-35(21-28)58-26-57-34)47-41(52)33(23-39(49)50)46-40(51)30-15-17-37(43-24-30)48-44-25-29-12-6-7-13-36(29)59(53,54)55/h3-7,10-17,20-22,24-25,33H,8-9,18-19,23,26H2,1-2H3,(H,43,48)(H,46,51)(H,47,52)(H,49,50)(H,53,54,55)/b44-25+/t33-/m0/s1. The number of rotatable bonds is 18. The summed E-state index contributed by atoms with van der Waals surface area (Å²) in [4.78, 5) is 46.6.